The van der Waals surface area contributed by atoms with Crippen molar-refractivity contribution in [3.05, 3.63) is 28.8 Å². The molecule has 0 aliphatic heterocycles. The molecule has 0 heterocycles. The minimum atomic E-state index is -0.846. The van der Waals surface area contributed by atoms with Gasteiger partial charge in [0.25, 0.3) is 0 Å². The molecule has 78 valence electrons. The van der Waals surface area contributed by atoms with E-state index in [1.165, 1.54) is 0 Å². The van der Waals surface area contributed by atoms with Gasteiger partial charge in [0.2, 0.25) is 6.86 Å². The quantitative estimate of drug-likeness (QED) is 0.742. The first-order valence-electron chi connectivity index (χ1n) is 4.31. The van der Waals surface area contributed by atoms with E-state index >= 15 is 0 Å². The van der Waals surface area contributed by atoms with E-state index in [1.807, 2.05) is 6.07 Å². The first-order chi connectivity index (χ1) is 6.77. The van der Waals surface area contributed by atoms with Gasteiger partial charge in [-0.2, -0.15) is 0 Å². The number of alkyl halides is 2. The molecule has 1 rings (SSSR count). The molecule has 4 heteroatoms. The van der Waals surface area contributed by atoms with E-state index in [4.69, 9.17) is 16.3 Å². The van der Waals surface area contributed by atoms with Crippen molar-refractivity contribution < 1.29 is 9.13 Å². The molecule has 0 radical (unpaired) electrons. The largest absolute Gasteiger partial charge is 0.461 e. The first kappa shape index (κ1) is 11.8. The summed E-state index contributed by atoms with van der Waals surface area (Å²) in [6.45, 7) is -0.846. The van der Waals surface area contributed by atoms with Crippen molar-refractivity contribution in [3.8, 4) is 5.75 Å². The van der Waals surface area contributed by atoms with Crippen LogP contribution in [-0.2, 0) is 6.42 Å². The van der Waals surface area contributed by atoms with Gasteiger partial charge in [0.05, 0.1) is 5.02 Å². The van der Waals surface area contributed by atoms with Gasteiger partial charge >= 0.3 is 0 Å². The molecule has 0 atom stereocenters. The van der Waals surface area contributed by atoms with Gasteiger partial charge in [0.15, 0.2) is 0 Å². The Morgan fingerprint density at radius 3 is 2.86 bits per heavy atom. The second-order valence-corrected chi connectivity index (χ2v) is 4.01. The molecular weight excluding hydrogens is 270 g/mol. The number of aryl methyl sites for hydroxylation is 1. The number of hydrogen-bond donors (Lipinski definition) is 0. The molecule has 0 amide bonds. The van der Waals surface area contributed by atoms with Gasteiger partial charge in [-0.15, -0.1) is 0 Å². The lowest BCUT2D eigenvalue weighted by atomic mass is 10.1. The fraction of sp³-hybridized carbons (Fsp3) is 0.400. The molecule has 0 fully saturated rings. The van der Waals surface area contributed by atoms with Crippen LogP contribution >= 0.6 is 27.5 Å². The van der Waals surface area contributed by atoms with E-state index in [0.717, 1.165) is 23.7 Å². The molecule has 0 spiro atoms. The highest BCUT2D eigenvalue weighted by Gasteiger charge is 2.02. The topological polar surface area (TPSA) is 9.23 Å². The Bertz CT molecular complexity index is 293. The molecule has 1 nitrogen and oxygen atoms in total. The lowest BCUT2D eigenvalue weighted by Gasteiger charge is -2.06. The molecule has 0 aliphatic rings. The minimum absolute atomic E-state index is 0.418. The molecule has 0 aliphatic carbocycles. The Morgan fingerprint density at radius 2 is 2.21 bits per heavy atom. The summed E-state index contributed by atoms with van der Waals surface area (Å²) in [5.41, 5.74) is 1.11. The summed E-state index contributed by atoms with van der Waals surface area (Å²) in [5, 5.41) is 1.40. The van der Waals surface area contributed by atoms with E-state index in [0.29, 0.717) is 10.8 Å². The molecule has 0 unspecified atom stereocenters. The van der Waals surface area contributed by atoms with Crippen LogP contribution in [0.1, 0.15) is 12.0 Å². The van der Waals surface area contributed by atoms with Gasteiger partial charge in [0.1, 0.15) is 5.75 Å². The maximum absolute atomic E-state index is 12.0. The molecular formula is C10H11BrClFO. The summed E-state index contributed by atoms with van der Waals surface area (Å²) in [4.78, 5) is 0. The van der Waals surface area contributed by atoms with Crippen molar-refractivity contribution in [3.63, 3.8) is 0 Å². The molecule has 0 saturated carbocycles. The maximum Gasteiger partial charge on any atom is 0.228 e. The number of rotatable bonds is 5. The molecule has 0 aromatic heterocycles. The van der Waals surface area contributed by atoms with Crippen LogP contribution in [-0.4, -0.2) is 12.2 Å². The first-order valence-corrected chi connectivity index (χ1v) is 5.81. The zero-order valence-corrected chi connectivity index (χ0v) is 9.94. The van der Waals surface area contributed by atoms with Crippen molar-refractivity contribution in [2.75, 3.05) is 12.2 Å². The second kappa shape index (κ2) is 6.25. The number of hydrogen-bond acceptors (Lipinski definition) is 1. The number of halogens is 3. The van der Waals surface area contributed by atoms with Crippen LogP contribution in [0.4, 0.5) is 4.39 Å². The average Bonchev–Trinajstić information content (AvgIpc) is 2.19. The summed E-state index contributed by atoms with van der Waals surface area (Å²) < 4.78 is 16.7. The van der Waals surface area contributed by atoms with E-state index in [9.17, 15) is 4.39 Å². The predicted molar refractivity (Wildman–Crippen MR) is 60.2 cm³/mol. The van der Waals surface area contributed by atoms with Gasteiger partial charge in [-0.1, -0.05) is 33.6 Å². The number of ether oxygens (including phenoxy) is 1. The number of benzene rings is 1. The van der Waals surface area contributed by atoms with Crippen LogP contribution in [0.15, 0.2) is 18.2 Å². The van der Waals surface area contributed by atoms with Crippen molar-refractivity contribution in [2.24, 2.45) is 0 Å². The zero-order valence-electron chi connectivity index (χ0n) is 7.60. The minimum Gasteiger partial charge on any atom is -0.461 e. The normalized spacial score (nSPS) is 10.2. The highest BCUT2D eigenvalue weighted by Crippen LogP contribution is 2.26. The average molecular weight is 282 g/mol. The lowest BCUT2D eigenvalue weighted by molar-refractivity contribution is 0.192. The lowest BCUT2D eigenvalue weighted by Crippen LogP contribution is -1.93. The van der Waals surface area contributed by atoms with Crippen LogP contribution in [0.5, 0.6) is 5.75 Å². The Kier molecular flexibility index (Phi) is 5.26. The Hall–Kier alpha value is -0.280. The van der Waals surface area contributed by atoms with Crippen LogP contribution in [0.3, 0.4) is 0 Å². The molecule has 0 N–H and O–H groups in total. The highest BCUT2D eigenvalue weighted by molar-refractivity contribution is 9.09. The Labute approximate surface area is 96.3 Å². The Morgan fingerprint density at radius 1 is 1.43 bits per heavy atom. The van der Waals surface area contributed by atoms with E-state index < -0.39 is 6.86 Å². The standard InChI is InChI=1S/C10H11BrClFO/c11-5-1-2-8-3-4-9(12)10(6-8)14-7-13/h3-4,6H,1-2,5,7H2. The fourth-order valence-electron chi connectivity index (χ4n) is 1.14. The van der Waals surface area contributed by atoms with Crippen LogP contribution in [0, 0.1) is 0 Å². The molecule has 1 aromatic carbocycles. The van der Waals surface area contributed by atoms with E-state index in [1.54, 1.807) is 12.1 Å². The smallest absolute Gasteiger partial charge is 0.228 e. The summed E-state index contributed by atoms with van der Waals surface area (Å²) in [6, 6.07) is 5.44. The predicted octanol–water partition coefficient (Wildman–Crippen LogP) is 3.97. The van der Waals surface area contributed by atoms with Gasteiger partial charge in [-0.05, 0) is 30.5 Å². The van der Waals surface area contributed by atoms with Gasteiger partial charge in [-0.25, -0.2) is 4.39 Å². The third-order valence-corrected chi connectivity index (χ3v) is 2.68. The van der Waals surface area contributed by atoms with Crippen LogP contribution < -0.4 is 4.74 Å². The van der Waals surface area contributed by atoms with Crippen molar-refractivity contribution >= 4 is 27.5 Å². The van der Waals surface area contributed by atoms with Gasteiger partial charge in [0, 0.05) is 5.33 Å². The summed E-state index contributed by atoms with van der Waals surface area (Å²) >= 11 is 9.16. The zero-order chi connectivity index (χ0) is 10.4. The van der Waals surface area contributed by atoms with E-state index in [-0.39, 0.29) is 0 Å². The molecule has 0 bridgehead atoms. The third kappa shape index (κ3) is 3.46. The summed E-state index contributed by atoms with van der Waals surface area (Å²) in [7, 11) is 0. The van der Waals surface area contributed by atoms with Crippen LogP contribution in [0.25, 0.3) is 0 Å². The Balaban J connectivity index is 2.72. The monoisotopic (exact) mass is 280 g/mol. The second-order valence-electron chi connectivity index (χ2n) is 2.81. The van der Waals surface area contributed by atoms with Crippen molar-refractivity contribution in [1.29, 1.82) is 0 Å². The fourth-order valence-corrected chi connectivity index (χ4v) is 1.60. The molecule has 0 saturated heterocycles. The highest BCUT2D eigenvalue weighted by atomic mass is 79.9. The molecule has 14 heavy (non-hydrogen) atoms. The maximum atomic E-state index is 12.0. The summed E-state index contributed by atoms with van der Waals surface area (Å²) in [6.07, 6.45) is 1.97. The summed E-state index contributed by atoms with van der Waals surface area (Å²) in [5.74, 6) is 0.418. The van der Waals surface area contributed by atoms with Crippen molar-refractivity contribution in [1.82, 2.24) is 0 Å². The molecule has 1 aromatic rings. The van der Waals surface area contributed by atoms with Crippen LogP contribution in [0.2, 0.25) is 5.02 Å². The van der Waals surface area contributed by atoms with Gasteiger partial charge < -0.3 is 4.74 Å². The SMILES string of the molecule is FCOc1cc(CCCBr)ccc1Cl. The third-order valence-electron chi connectivity index (χ3n) is 1.80. The van der Waals surface area contributed by atoms with E-state index in [2.05, 4.69) is 15.9 Å². The van der Waals surface area contributed by atoms with Gasteiger partial charge in [-0.3, -0.25) is 0 Å². The van der Waals surface area contributed by atoms with Crippen molar-refractivity contribution in [2.45, 2.75) is 12.8 Å².